The second kappa shape index (κ2) is 6.81. The number of amides is 1. The van der Waals surface area contributed by atoms with Crippen LogP contribution in [0.5, 0.6) is 0 Å². The lowest BCUT2D eigenvalue weighted by Gasteiger charge is -2.15. The molecule has 1 N–H and O–H groups in total. The summed E-state index contributed by atoms with van der Waals surface area (Å²) in [5.41, 5.74) is 0.464. The number of carbonyl (C=O) groups is 2. The zero-order valence-corrected chi connectivity index (χ0v) is 10.7. The number of rotatable bonds is 5. The van der Waals surface area contributed by atoms with Crippen molar-refractivity contribution in [1.82, 2.24) is 5.32 Å². The Kier molecular flexibility index (Phi) is 5.39. The molecule has 5 heteroatoms. The Morgan fingerprint density at radius 1 is 1.39 bits per heavy atom. The molecule has 4 nitrogen and oxygen atoms in total. The van der Waals surface area contributed by atoms with Crippen molar-refractivity contribution in [3.63, 3.8) is 0 Å². The van der Waals surface area contributed by atoms with Gasteiger partial charge in [-0.3, -0.25) is 4.79 Å². The minimum absolute atomic E-state index is 0.132. The lowest BCUT2D eigenvalue weighted by Crippen LogP contribution is -2.41. The molecule has 96 valence electrons. The third-order valence-corrected chi connectivity index (χ3v) is 2.41. The lowest BCUT2D eigenvalue weighted by atomic mass is 10.1. The van der Waals surface area contributed by atoms with Crippen LogP contribution in [0.4, 0.5) is 0 Å². The largest absolute Gasteiger partial charge is 0.467 e. The molecule has 1 aromatic carbocycles. The van der Waals surface area contributed by atoms with Crippen LogP contribution in [-0.4, -0.2) is 25.0 Å². The molecule has 0 bridgehead atoms. The SMILES string of the molecule is C=C(Cl)CC(NC(=O)c1ccccc1)C(=O)OC. The van der Waals surface area contributed by atoms with Gasteiger partial charge in [0.2, 0.25) is 0 Å². The van der Waals surface area contributed by atoms with E-state index in [1.165, 1.54) is 7.11 Å². The summed E-state index contributed by atoms with van der Waals surface area (Å²) in [6.45, 7) is 3.50. The topological polar surface area (TPSA) is 55.4 Å². The van der Waals surface area contributed by atoms with Crippen LogP contribution in [0.1, 0.15) is 16.8 Å². The molecule has 0 saturated heterocycles. The molecule has 0 heterocycles. The average Bonchev–Trinajstić information content (AvgIpc) is 2.37. The van der Waals surface area contributed by atoms with E-state index in [0.29, 0.717) is 5.56 Å². The summed E-state index contributed by atoms with van der Waals surface area (Å²) in [6, 6.07) is 7.76. The predicted octanol–water partition coefficient (Wildman–Crippen LogP) is 2.10. The summed E-state index contributed by atoms with van der Waals surface area (Å²) in [5.74, 6) is -0.912. The van der Waals surface area contributed by atoms with Gasteiger partial charge in [-0.05, 0) is 12.1 Å². The van der Waals surface area contributed by atoms with E-state index in [1.807, 2.05) is 0 Å². The van der Waals surface area contributed by atoms with Crippen LogP contribution < -0.4 is 5.32 Å². The number of carbonyl (C=O) groups excluding carboxylic acids is 2. The Labute approximate surface area is 111 Å². The fourth-order valence-corrected chi connectivity index (χ4v) is 1.54. The number of hydrogen-bond acceptors (Lipinski definition) is 3. The molecule has 0 saturated carbocycles. The highest BCUT2D eigenvalue weighted by Crippen LogP contribution is 2.09. The molecule has 1 rings (SSSR count). The van der Waals surface area contributed by atoms with Crippen LogP contribution in [0.15, 0.2) is 41.9 Å². The molecule has 1 atom stereocenters. The molecular weight excluding hydrogens is 254 g/mol. The third-order valence-electron chi connectivity index (χ3n) is 2.25. The summed E-state index contributed by atoms with van der Waals surface area (Å²) in [5, 5.41) is 2.83. The molecule has 0 aromatic heterocycles. The summed E-state index contributed by atoms with van der Waals surface area (Å²) >= 11 is 5.65. The van der Waals surface area contributed by atoms with Crippen molar-refractivity contribution < 1.29 is 14.3 Å². The summed E-state index contributed by atoms with van der Waals surface area (Å²) < 4.78 is 4.60. The standard InChI is InChI=1S/C13H14ClNO3/c1-9(14)8-11(13(17)18-2)15-12(16)10-6-4-3-5-7-10/h3-7,11H,1,8H2,2H3,(H,15,16). The Hall–Kier alpha value is -1.81. The van der Waals surface area contributed by atoms with Gasteiger partial charge in [-0.15, -0.1) is 0 Å². The molecule has 0 fully saturated rings. The zero-order valence-electron chi connectivity index (χ0n) is 9.98. The van der Waals surface area contributed by atoms with Gasteiger partial charge in [0.1, 0.15) is 6.04 Å². The van der Waals surface area contributed by atoms with E-state index in [0.717, 1.165) is 0 Å². The van der Waals surface area contributed by atoms with Crippen molar-refractivity contribution in [2.75, 3.05) is 7.11 Å². The molecule has 1 amide bonds. The highest BCUT2D eigenvalue weighted by molar-refractivity contribution is 6.29. The summed E-state index contributed by atoms with van der Waals surface area (Å²) in [4.78, 5) is 23.3. The number of esters is 1. The maximum absolute atomic E-state index is 11.9. The van der Waals surface area contributed by atoms with Gasteiger partial charge in [-0.25, -0.2) is 4.79 Å². The first kappa shape index (κ1) is 14.3. The van der Waals surface area contributed by atoms with E-state index in [-0.39, 0.29) is 17.4 Å². The van der Waals surface area contributed by atoms with Gasteiger partial charge in [0, 0.05) is 17.0 Å². The van der Waals surface area contributed by atoms with Crippen LogP contribution in [0.25, 0.3) is 0 Å². The fraction of sp³-hybridized carbons (Fsp3) is 0.231. The van der Waals surface area contributed by atoms with E-state index < -0.39 is 12.0 Å². The first-order valence-electron chi connectivity index (χ1n) is 5.31. The quantitative estimate of drug-likeness (QED) is 0.831. The Bertz CT molecular complexity index is 445. The molecule has 18 heavy (non-hydrogen) atoms. The van der Waals surface area contributed by atoms with E-state index in [9.17, 15) is 9.59 Å². The molecule has 0 aliphatic rings. The average molecular weight is 268 g/mol. The van der Waals surface area contributed by atoms with E-state index in [1.54, 1.807) is 30.3 Å². The minimum Gasteiger partial charge on any atom is -0.467 e. The van der Waals surface area contributed by atoms with Crippen molar-refractivity contribution >= 4 is 23.5 Å². The second-order valence-electron chi connectivity index (χ2n) is 3.64. The zero-order chi connectivity index (χ0) is 13.5. The molecule has 0 aliphatic carbocycles. The van der Waals surface area contributed by atoms with Crippen LogP contribution in [0, 0.1) is 0 Å². The normalized spacial score (nSPS) is 11.4. The Morgan fingerprint density at radius 2 is 2.00 bits per heavy atom. The van der Waals surface area contributed by atoms with Crippen molar-refractivity contribution in [2.45, 2.75) is 12.5 Å². The lowest BCUT2D eigenvalue weighted by molar-refractivity contribution is -0.142. The van der Waals surface area contributed by atoms with Gasteiger partial charge in [0.05, 0.1) is 7.11 Å². The van der Waals surface area contributed by atoms with Gasteiger partial charge in [0.15, 0.2) is 0 Å². The summed E-state index contributed by atoms with van der Waals surface area (Å²) in [7, 11) is 1.25. The Balaban J connectivity index is 2.74. The molecular formula is C13H14ClNO3. The van der Waals surface area contributed by atoms with E-state index in [2.05, 4.69) is 16.6 Å². The third kappa shape index (κ3) is 4.22. The van der Waals surface area contributed by atoms with Gasteiger partial charge >= 0.3 is 5.97 Å². The molecule has 0 radical (unpaired) electrons. The number of methoxy groups -OCH3 is 1. The maximum Gasteiger partial charge on any atom is 0.328 e. The second-order valence-corrected chi connectivity index (χ2v) is 4.17. The minimum atomic E-state index is -0.826. The number of nitrogens with one attached hydrogen (secondary N) is 1. The monoisotopic (exact) mass is 267 g/mol. The molecule has 0 spiro atoms. The van der Waals surface area contributed by atoms with Crippen LogP contribution in [0.2, 0.25) is 0 Å². The van der Waals surface area contributed by atoms with Crippen LogP contribution >= 0.6 is 11.6 Å². The van der Waals surface area contributed by atoms with Gasteiger partial charge in [-0.2, -0.15) is 0 Å². The number of hydrogen-bond donors (Lipinski definition) is 1. The van der Waals surface area contributed by atoms with Gasteiger partial charge in [-0.1, -0.05) is 36.4 Å². The van der Waals surface area contributed by atoms with Crippen molar-refractivity contribution in [3.05, 3.63) is 47.5 Å². The molecule has 0 aliphatic heterocycles. The Morgan fingerprint density at radius 3 is 2.50 bits per heavy atom. The van der Waals surface area contributed by atoms with Crippen molar-refractivity contribution in [1.29, 1.82) is 0 Å². The smallest absolute Gasteiger partial charge is 0.328 e. The maximum atomic E-state index is 11.9. The van der Waals surface area contributed by atoms with E-state index >= 15 is 0 Å². The van der Waals surface area contributed by atoms with Crippen molar-refractivity contribution in [2.24, 2.45) is 0 Å². The predicted molar refractivity (Wildman–Crippen MR) is 69.3 cm³/mol. The molecule has 1 aromatic rings. The first-order chi connectivity index (χ1) is 8.54. The number of ether oxygens (including phenoxy) is 1. The van der Waals surface area contributed by atoms with E-state index in [4.69, 9.17) is 11.6 Å². The first-order valence-corrected chi connectivity index (χ1v) is 5.69. The van der Waals surface area contributed by atoms with Gasteiger partial charge in [0.25, 0.3) is 5.91 Å². The van der Waals surface area contributed by atoms with Gasteiger partial charge < -0.3 is 10.1 Å². The van der Waals surface area contributed by atoms with Crippen molar-refractivity contribution in [3.8, 4) is 0 Å². The number of halogens is 1. The summed E-state index contributed by atoms with van der Waals surface area (Å²) in [6.07, 6.45) is 0.132. The van der Waals surface area contributed by atoms with Crippen LogP contribution in [-0.2, 0) is 9.53 Å². The molecule has 1 unspecified atom stereocenters. The highest BCUT2D eigenvalue weighted by Gasteiger charge is 2.22. The van der Waals surface area contributed by atoms with Crippen LogP contribution in [0.3, 0.4) is 0 Å². The highest BCUT2D eigenvalue weighted by atomic mass is 35.5. The number of benzene rings is 1. The fourth-order valence-electron chi connectivity index (χ4n) is 1.39.